The lowest BCUT2D eigenvalue weighted by molar-refractivity contribution is 0.0992. The van der Waals surface area contributed by atoms with Crippen molar-refractivity contribution in [3.05, 3.63) is 47.8 Å². The molecular weight excluding hydrogens is 392 g/mol. The highest BCUT2D eigenvalue weighted by molar-refractivity contribution is 7.89. The van der Waals surface area contributed by atoms with E-state index >= 15 is 0 Å². The number of primary amides is 1. The van der Waals surface area contributed by atoms with Gasteiger partial charge < -0.3 is 20.4 Å². The second kappa shape index (κ2) is 8.30. The van der Waals surface area contributed by atoms with Gasteiger partial charge in [0, 0.05) is 38.4 Å². The van der Waals surface area contributed by atoms with E-state index in [1.54, 1.807) is 14.2 Å². The molecule has 1 unspecified atom stereocenters. The molecule has 1 aliphatic rings. The summed E-state index contributed by atoms with van der Waals surface area (Å²) in [5.41, 5.74) is 6.25. The van der Waals surface area contributed by atoms with Crippen molar-refractivity contribution in [3.8, 4) is 5.75 Å². The first-order valence-corrected chi connectivity index (χ1v) is 9.62. The zero-order valence-corrected chi connectivity index (χ0v) is 16.7. The number of para-hydroxylation sites is 1. The lowest BCUT2D eigenvalue weighted by atomic mass is 10.0. The fraction of sp³-hybridized carbons (Fsp3) is 0.353. The molecule has 1 amide bonds. The molecule has 0 radical (unpaired) electrons. The number of ether oxygens (including phenoxy) is 1. The van der Waals surface area contributed by atoms with Gasteiger partial charge in [-0.25, -0.2) is 8.42 Å². The highest BCUT2D eigenvalue weighted by Gasteiger charge is 2.36. The van der Waals surface area contributed by atoms with Crippen LogP contribution in [-0.4, -0.2) is 49.9 Å². The lowest BCUT2D eigenvalue weighted by Crippen LogP contribution is -2.48. The van der Waals surface area contributed by atoms with Gasteiger partial charge in [0.2, 0.25) is 10.0 Å². The minimum absolute atomic E-state index is 0. The maximum absolute atomic E-state index is 13.3. The molecule has 3 rings (SSSR count). The van der Waals surface area contributed by atoms with E-state index < -0.39 is 22.0 Å². The molecule has 0 bridgehead atoms. The second-order valence-corrected chi connectivity index (χ2v) is 8.00. The smallest absolute Gasteiger partial charge is 0.265 e. The zero-order valence-electron chi connectivity index (χ0n) is 15.1. The Kier molecular flexibility index (Phi) is 6.53. The number of piperazine rings is 1. The third kappa shape index (κ3) is 3.96. The van der Waals surface area contributed by atoms with Crippen molar-refractivity contribution < 1.29 is 17.9 Å². The van der Waals surface area contributed by atoms with Crippen LogP contribution >= 0.6 is 12.4 Å². The molecule has 2 aromatic rings. The van der Waals surface area contributed by atoms with Gasteiger partial charge in [0.15, 0.2) is 0 Å². The number of hydrogen-bond acceptors (Lipinski definition) is 5. The Bertz CT molecular complexity index is 929. The molecular formula is C17H23ClN4O4S. The van der Waals surface area contributed by atoms with Crippen LogP contribution in [-0.2, 0) is 17.1 Å². The Morgan fingerprint density at radius 3 is 2.67 bits per heavy atom. The van der Waals surface area contributed by atoms with Crippen LogP contribution in [0, 0.1) is 0 Å². The molecule has 27 heavy (non-hydrogen) atoms. The van der Waals surface area contributed by atoms with Crippen LogP contribution in [0.1, 0.15) is 22.1 Å². The molecule has 0 saturated carbocycles. The standard InChI is InChI=1S/C17H22N4O4S.ClH/c1-20-11-12(9-14(20)17(18)22)26(23,24)21-8-7-19-10-15(21)13-5-3-4-6-16(13)25-2;/h3-6,9,11,15,19H,7-8,10H2,1-2H3,(H2,18,22);1H. The van der Waals surface area contributed by atoms with E-state index in [9.17, 15) is 13.2 Å². The number of carbonyl (C=O) groups excluding carboxylic acids is 1. The van der Waals surface area contributed by atoms with E-state index in [1.807, 2.05) is 24.3 Å². The first-order valence-electron chi connectivity index (χ1n) is 8.18. The molecule has 1 fully saturated rings. The van der Waals surface area contributed by atoms with Gasteiger partial charge in [-0.3, -0.25) is 4.79 Å². The van der Waals surface area contributed by atoms with E-state index in [-0.39, 0.29) is 23.0 Å². The molecule has 10 heteroatoms. The minimum atomic E-state index is -3.81. The maximum Gasteiger partial charge on any atom is 0.265 e. The van der Waals surface area contributed by atoms with Gasteiger partial charge in [-0.15, -0.1) is 12.4 Å². The van der Waals surface area contributed by atoms with Gasteiger partial charge in [0.1, 0.15) is 16.3 Å². The molecule has 3 N–H and O–H groups in total. The monoisotopic (exact) mass is 414 g/mol. The fourth-order valence-electron chi connectivity index (χ4n) is 3.24. The number of nitrogens with one attached hydrogen (secondary N) is 1. The lowest BCUT2D eigenvalue weighted by Gasteiger charge is -2.35. The number of benzene rings is 1. The number of amides is 1. The van der Waals surface area contributed by atoms with Crippen LogP contribution in [0.4, 0.5) is 0 Å². The van der Waals surface area contributed by atoms with Crippen molar-refractivity contribution in [3.63, 3.8) is 0 Å². The summed E-state index contributed by atoms with van der Waals surface area (Å²) in [6, 6.07) is 8.26. The number of sulfonamides is 1. The van der Waals surface area contributed by atoms with Gasteiger partial charge >= 0.3 is 0 Å². The average molecular weight is 415 g/mol. The van der Waals surface area contributed by atoms with Crippen LogP contribution in [0.15, 0.2) is 41.4 Å². The molecule has 148 valence electrons. The summed E-state index contributed by atoms with van der Waals surface area (Å²) in [6.45, 7) is 1.32. The van der Waals surface area contributed by atoms with Crippen molar-refractivity contribution in [1.29, 1.82) is 0 Å². The summed E-state index contributed by atoms with van der Waals surface area (Å²) in [7, 11) is -0.659. The van der Waals surface area contributed by atoms with E-state index in [1.165, 1.54) is 21.1 Å². The Labute approximate surface area is 164 Å². The molecule has 2 heterocycles. The summed E-state index contributed by atoms with van der Waals surface area (Å²) in [6.07, 6.45) is 1.41. The number of hydrogen-bond donors (Lipinski definition) is 2. The highest BCUT2D eigenvalue weighted by Crippen LogP contribution is 2.34. The van der Waals surface area contributed by atoms with Gasteiger partial charge in [-0.1, -0.05) is 18.2 Å². The summed E-state index contributed by atoms with van der Waals surface area (Å²) in [5, 5.41) is 3.23. The number of aromatic nitrogens is 1. The molecule has 0 aliphatic carbocycles. The van der Waals surface area contributed by atoms with Crippen molar-refractivity contribution in [1.82, 2.24) is 14.2 Å². The quantitative estimate of drug-likeness (QED) is 0.755. The molecule has 1 aromatic heterocycles. The van der Waals surface area contributed by atoms with Crippen LogP contribution in [0.2, 0.25) is 0 Å². The first-order chi connectivity index (χ1) is 12.4. The van der Waals surface area contributed by atoms with E-state index in [0.717, 1.165) is 5.56 Å². The van der Waals surface area contributed by atoms with Gasteiger partial charge in [0.05, 0.1) is 13.2 Å². The fourth-order valence-corrected chi connectivity index (χ4v) is 4.91. The highest BCUT2D eigenvalue weighted by atomic mass is 35.5. The Morgan fingerprint density at radius 2 is 2.04 bits per heavy atom. The largest absolute Gasteiger partial charge is 0.496 e. The zero-order chi connectivity index (χ0) is 18.9. The SMILES string of the molecule is COc1ccccc1C1CNCCN1S(=O)(=O)c1cc(C(N)=O)n(C)c1.Cl. The molecule has 1 aliphatic heterocycles. The number of rotatable bonds is 5. The predicted octanol–water partition coefficient (Wildman–Crippen LogP) is 0.890. The van der Waals surface area contributed by atoms with Crippen molar-refractivity contribution >= 4 is 28.3 Å². The number of nitrogens with zero attached hydrogens (tertiary/aromatic N) is 2. The summed E-state index contributed by atoms with van der Waals surface area (Å²) in [4.78, 5) is 11.5. The second-order valence-electron chi connectivity index (χ2n) is 6.11. The van der Waals surface area contributed by atoms with Crippen LogP contribution in [0.3, 0.4) is 0 Å². The molecule has 1 saturated heterocycles. The van der Waals surface area contributed by atoms with Crippen molar-refractivity contribution in [2.75, 3.05) is 26.7 Å². The molecule has 1 aromatic carbocycles. The number of aryl methyl sites for hydroxylation is 1. The van der Waals surface area contributed by atoms with E-state index in [0.29, 0.717) is 25.4 Å². The van der Waals surface area contributed by atoms with Gasteiger partial charge in [-0.05, 0) is 12.1 Å². The third-order valence-corrected chi connectivity index (χ3v) is 6.40. The third-order valence-electron chi connectivity index (χ3n) is 4.53. The summed E-state index contributed by atoms with van der Waals surface area (Å²) >= 11 is 0. The Balaban J connectivity index is 0.00000261. The number of carbonyl (C=O) groups is 1. The van der Waals surface area contributed by atoms with Gasteiger partial charge in [0.25, 0.3) is 5.91 Å². The summed E-state index contributed by atoms with van der Waals surface area (Å²) < 4.78 is 34.8. The van der Waals surface area contributed by atoms with Crippen LogP contribution in [0.5, 0.6) is 5.75 Å². The van der Waals surface area contributed by atoms with Crippen molar-refractivity contribution in [2.45, 2.75) is 10.9 Å². The normalized spacial score (nSPS) is 17.9. The van der Waals surface area contributed by atoms with Crippen LogP contribution in [0.25, 0.3) is 0 Å². The minimum Gasteiger partial charge on any atom is -0.496 e. The summed E-state index contributed by atoms with van der Waals surface area (Å²) in [5.74, 6) is -0.0390. The van der Waals surface area contributed by atoms with E-state index in [4.69, 9.17) is 10.5 Å². The predicted molar refractivity (Wildman–Crippen MR) is 104 cm³/mol. The number of methoxy groups -OCH3 is 1. The number of halogens is 1. The molecule has 8 nitrogen and oxygen atoms in total. The molecule has 1 atom stereocenters. The topological polar surface area (TPSA) is 107 Å². The Hall–Kier alpha value is -2.07. The van der Waals surface area contributed by atoms with Gasteiger partial charge in [-0.2, -0.15) is 4.31 Å². The van der Waals surface area contributed by atoms with E-state index in [2.05, 4.69) is 5.32 Å². The number of nitrogens with two attached hydrogens (primary N) is 1. The first kappa shape index (κ1) is 21.2. The molecule has 0 spiro atoms. The maximum atomic E-state index is 13.3. The van der Waals surface area contributed by atoms with Crippen LogP contribution < -0.4 is 15.8 Å². The average Bonchev–Trinajstić information content (AvgIpc) is 3.04. The Morgan fingerprint density at radius 1 is 1.33 bits per heavy atom. The van der Waals surface area contributed by atoms with Crippen molar-refractivity contribution in [2.24, 2.45) is 12.8 Å².